The Morgan fingerprint density at radius 1 is 0.783 bits per heavy atom. The van der Waals surface area contributed by atoms with Gasteiger partial charge in [-0.05, 0) is 42.0 Å². The first-order valence-electron chi connectivity index (χ1n) is 6.23. The van der Waals surface area contributed by atoms with Crippen LogP contribution in [0.15, 0.2) is 42.5 Å². The maximum absolute atomic E-state index is 10.1. The second-order valence-electron chi connectivity index (χ2n) is 4.29. The van der Waals surface area contributed by atoms with Gasteiger partial charge in [0.05, 0.1) is 0 Å². The number of carbonyl (C=O) groups is 2. The maximum atomic E-state index is 10.1. The van der Waals surface area contributed by atoms with Crippen molar-refractivity contribution in [3.63, 3.8) is 0 Å². The topological polar surface area (TPSA) is 135 Å². The van der Waals surface area contributed by atoms with Crippen molar-refractivity contribution in [2.24, 2.45) is 0 Å². The molecule has 0 heterocycles. The molecule has 0 fully saturated rings. The highest BCUT2D eigenvalue weighted by Gasteiger charge is 1.98. The lowest BCUT2D eigenvalue weighted by Crippen LogP contribution is -1.85. The van der Waals surface area contributed by atoms with E-state index in [1.807, 2.05) is 0 Å². The highest BCUT2D eigenvalue weighted by atomic mass is 16.4. The minimum atomic E-state index is -1.06. The van der Waals surface area contributed by atoms with Crippen LogP contribution in [-0.4, -0.2) is 37.8 Å². The number of carboxylic acids is 1. The third kappa shape index (κ3) is 5.80. The highest BCUT2D eigenvalue weighted by molar-refractivity contribution is 5.85. The lowest BCUT2D eigenvalue weighted by atomic mass is 10.2. The fraction of sp³-hybridized carbons (Fsp3) is 0. The fourth-order valence-electron chi connectivity index (χ4n) is 1.43. The number of aliphatic carboxylic acids is 1. The van der Waals surface area contributed by atoms with Crippen molar-refractivity contribution in [2.45, 2.75) is 0 Å². The van der Waals surface area contributed by atoms with Gasteiger partial charge >= 0.3 is 5.97 Å². The zero-order valence-electron chi connectivity index (χ0n) is 11.7. The summed E-state index contributed by atoms with van der Waals surface area (Å²) in [5, 5.41) is 43.9. The molecule has 7 heteroatoms. The summed E-state index contributed by atoms with van der Waals surface area (Å²) in [4.78, 5) is 20.2. The number of aromatic hydroxyl groups is 4. The van der Waals surface area contributed by atoms with E-state index < -0.39 is 5.97 Å². The van der Waals surface area contributed by atoms with Crippen LogP contribution in [0.5, 0.6) is 23.0 Å². The van der Waals surface area contributed by atoms with Gasteiger partial charge in [0.1, 0.15) is 6.29 Å². The number of carbonyl (C=O) groups excluding carboxylic acids is 1. The molecule has 0 unspecified atom stereocenters. The minimum absolute atomic E-state index is 0.217. The molecule has 0 amide bonds. The molecule has 0 aliphatic carbocycles. The Balaban J connectivity index is 0.000000238. The predicted molar refractivity (Wildman–Crippen MR) is 81.6 cm³/mol. The summed E-state index contributed by atoms with van der Waals surface area (Å²) in [5.74, 6) is -2.05. The van der Waals surface area contributed by atoms with Gasteiger partial charge in [-0.25, -0.2) is 4.79 Å². The molecule has 23 heavy (non-hydrogen) atoms. The van der Waals surface area contributed by atoms with Crippen molar-refractivity contribution in [2.75, 3.05) is 0 Å². The Hall–Kier alpha value is -3.48. The molecule has 0 saturated heterocycles. The molecular formula is C16H14O7. The molecule has 0 bridgehead atoms. The molecular weight excluding hydrogens is 304 g/mol. The van der Waals surface area contributed by atoms with E-state index in [2.05, 4.69) is 0 Å². The average Bonchev–Trinajstić information content (AvgIpc) is 2.52. The van der Waals surface area contributed by atoms with Gasteiger partial charge in [-0.1, -0.05) is 6.07 Å². The molecule has 0 aromatic heterocycles. The van der Waals surface area contributed by atoms with Crippen molar-refractivity contribution in [1.82, 2.24) is 0 Å². The van der Waals surface area contributed by atoms with Crippen molar-refractivity contribution < 1.29 is 35.1 Å². The van der Waals surface area contributed by atoms with Crippen LogP contribution in [0, 0.1) is 0 Å². The monoisotopic (exact) mass is 318 g/mol. The Kier molecular flexibility index (Phi) is 6.17. The number of carboxylic acid groups (broad SMARTS) is 1. The van der Waals surface area contributed by atoms with Crippen molar-refractivity contribution in [3.8, 4) is 23.0 Å². The largest absolute Gasteiger partial charge is 0.504 e. The Morgan fingerprint density at radius 3 is 1.70 bits per heavy atom. The van der Waals surface area contributed by atoms with E-state index in [4.69, 9.17) is 25.5 Å². The van der Waals surface area contributed by atoms with Crippen molar-refractivity contribution in [1.29, 1.82) is 0 Å². The quantitative estimate of drug-likeness (QED) is 0.332. The second-order valence-corrected chi connectivity index (χ2v) is 4.29. The molecule has 2 rings (SSSR count). The van der Waals surface area contributed by atoms with Crippen LogP contribution in [-0.2, 0) is 4.79 Å². The van der Waals surface area contributed by atoms with Gasteiger partial charge in [0.25, 0.3) is 0 Å². The summed E-state index contributed by atoms with van der Waals surface area (Å²) in [6, 6.07) is 7.93. The van der Waals surface area contributed by atoms with Crippen LogP contribution < -0.4 is 0 Å². The summed E-state index contributed by atoms with van der Waals surface area (Å²) >= 11 is 0. The first-order valence-corrected chi connectivity index (χ1v) is 6.23. The third-order valence-corrected chi connectivity index (χ3v) is 2.55. The SMILES string of the molecule is O=C(O)C=Cc1ccc(O)c(O)c1.O=Cc1ccc(O)c(O)c1. The van der Waals surface area contributed by atoms with Gasteiger partial charge in [0.2, 0.25) is 0 Å². The van der Waals surface area contributed by atoms with E-state index in [-0.39, 0.29) is 23.0 Å². The number of hydrogen-bond acceptors (Lipinski definition) is 6. The highest BCUT2D eigenvalue weighted by Crippen LogP contribution is 2.25. The summed E-state index contributed by atoms with van der Waals surface area (Å²) in [6.07, 6.45) is 2.87. The molecule has 2 aromatic carbocycles. The number of hydrogen-bond donors (Lipinski definition) is 5. The van der Waals surface area contributed by atoms with Gasteiger partial charge in [-0.15, -0.1) is 0 Å². The number of rotatable bonds is 3. The van der Waals surface area contributed by atoms with Crippen LogP contribution in [0.3, 0.4) is 0 Å². The van der Waals surface area contributed by atoms with Crippen LogP contribution in [0.2, 0.25) is 0 Å². The number of aldehydes is 1. The van der Waals surface area contributed by atoms with E-state index in [1.54, 1.807) is 0 Å². The minimum Gasteiger partial charge on any atom is -0.504 e. The summed E-state index contributed by atoms with van der Waals surface area (Å²) in [6.45, 7) is 0. The molecule has 0 radical (unpaired) electrons. The lowest BCUT2D eigenvalue weighted by Gasteiger charge is -1.97. The first-order chi connectivity index (χ1) is 10.8. The van der Waals surface area contributed by atoms with Crippen molar-refractivity contribution in [3.05, 3.63) is 53.6 Å². The van der Waals surface area contributed by atoms with Crippen LogP contribution in [0.4, 0.5) is 0 Å². The zero-order chi connectivity index (χ0) is 17.4. The summed E-state index contributed by atoms with van der Waals surface area (Å²) < 4.78 is 0. The molecule has 120 valence electrons. The Labute approximate surface area is 131 Å². The molecule has 0 spiro atoms. The molecule has 7 nitrogen and oxygen atoms in total. The third-order valence-electron chi connectivity index (χ3n) is 2.55. The fourth-order valence-corrected chi connectivity index (χ4v) is 1.43. The van der Waals surface area contributed by atoms with Gasteiger partial charge in [0, 0.05) is 11.6 Å². The van der Waals surface area contributed by atoms with Crippen molar-refractivity contribution >= 4 is 18.3 Å². The van der Waals surface area contributed by atoms with E-state index in [1.165, 1.54) is 42.5 Å². The van der Waals surface area contributed by atoms with E-state index in [0.29, 0.717) is 17.4 Å². The molecule has 0 aliphatic rings. The smallest absolute Gasteiger partial charge is 0.328 e. The number of benzene rings is 2. The standard InChI is InChI=1S/C9H8O4.C7H6O3/c10-7-3-1-6(5-8(7)11)2-4-9(12)13;8-4-5-1-2-6(9)7(10)3-5/h1-5,10-11H,(H,12,13);1-4,9-10H. The second kappa shape index (κ2) is 8.08. The van der Waals surface area contributed by atoms with Gasteiger partial charge in [-0.3, -0.25) is 4.79 Å². The van der Waals surface area contributed by atoms with Crippen LogP contribution in [0.25, 0.3) is 6.08 Å². The van der Waals surface area contributed by atoms with Crippen LogP contribution >= 0.6 is 0 Å². The lowest BCUT2D eigenvalue weighted by molar-refractivity contribution is -0.131. The Bertz CT molecular complexity index is 735. The number of phenols is 4. The van der Waals surface area contributed by atoms with Gasteiger partial charge in [0.15, 0.2) is 23.0 Å². The van der Waals surface area contributed by atoms with E-state index in [9.17, 15) is 9.59 Å². The Morgan fingerprint density at radius 2 is 1.26 bits per heavy atom. The predicted octanol–water partition coefficient (Wildman–Crippen LogP) is 2.11. The van der Waals surface area contributed by atoms with Crippen LogP contribution in [0.1, 0.15) is 15.9 Å². The number of phenolic OH excluding ortho intramolecular Hbond substituents is 4. The molecule has 0 atom stereocenters. The maximum Gasteiger partial charge on any atom is 0.328 e. The average molecular weight is 318 g/mol. The zero-order valence-corrected chi connectivity index (χ0v) is 11.7. The van der Waals surface area contributed by atoms with Gasteiger partial charge in [-0.2, -0.15) is 0 Å². The first kappa shape index (κ1) is 17.6. The molecule has 0 saturated carbocycles. The van der Waals surface area contributed by atoms with E-state index in [0.717, 1.165) is 6.08 Å². The summed E-state index contributed by atoms with van der Waals surface area (Å²) in [5.41, 5.74) is 0.855. The van der Waals surface area contributed by atoms with E-state index >= 15 is 0 Å². The molecule has 2 aromatic rings. The molecule has 0 aliphatic heterocycles. The normalized spacial score (nSPS) is 9.91. The van der Waals surface area contributed by atoms with Gasteiger partial charge < -0.3 is 25.5 Å². The molecule has 5 N–H and O–H groups in total. The summed E-state index contributed by atoms with van der Waals surface area (Å²) in [7, 11) is 0.